The number of carboxylic acid groups (broad SMARTS) is 1. The molecular formula is C10H15NO5S2. The van der Waals surface area contributed by atoms with Crippen LogP contribution in [0.3, 0.4) is 0 Å². The van der Waals surface area contributed by atoms with Crippen molar-refractivity contribution in [3.8, 4) is 0 Å². The second-order valence-corrected chi connectivity index (χ2v) is 6.63. The topological polar surface area (TPSA) is 96.6 Å². The van der Waals surface area contributed by atoms with E-state index < -0.39 is 21.8 Å². The van der Waals surface area contributed by atoms with E-state index in [1.807, 2.05) is 13.2 Å². The average molecular weight is 293 g/mol. The third kappa shape index (κ3) is 4.04. The summed E-state index contributed by atoms with van der Waals surface area (Å²) in [5.41, 5.74) is 0. The van der Waals surface area contributed by atoms with Gasteiger partial charge in [-0.1, -0.05) is 6.92 Å². The Hall–Kier alpha value is -0.990. The summed E-state index contributed by atoms with van der Waals surface area (Å²) < 4.78 is 30.6. The Labute approximate surface area is 110 Å². The lowest BCUT2D eigenvalue weighted by Gasteiger charge is -2.08. The number of carbonyl (C=O) groups is 1. The first-order chi connectivity index (χ1) is 8.36. The quantitative estimate of drug-likeness (QED) is 0.788. The van der Waals surface area contributed by atoms with Gasteiger partial charge in [0.25, 0.3) is 10.0 Å². The van der Waals surface area contributed by atoms with Crippen molar-refractivity contribution in [3.05, 3.63) is 17.9 Å². The fraction of sp³-hybridized carbons (Fsp3) is 0.500. The van der Waals surface area contributed by atoms with Crippen LogP contribution in [0.15, 0.2) is 21.6 Å². The molecule has 0 saturated heterocycles. The predicted octanol–water partition coefficient (Wildman–Crippen LogP) is 1.40. The van der Waals surface area contributed by atoms with Crippen molar-refractivity contribution in [1.29, 1.82) is 0 Å². The van der Waals surface area contributed by atoms with Crippen molar-refractivity contribution >= 4 is 27.8 Å². The molecule has 1 aromatic rings. The van der Waals surface area contributed by atoms with Crippen LogP contribution in [0.2, 0.25) is 0 Å². The van der Waals surface area contributed by atoms with E-state index in [0.29, 0.717) is 11.7 Å². The zero-order valence-electron chi connectivity index (χ0n) is 10.0. The zero-order valence-corrected chi connectivity index (χ0v) is 11.7. The standard InChI is InChI=1S/C10H15NO5S2/c1-7(17-2)5-6-11-18(14,15)9-4-3-8(16-9)10(12)13/h3-4,7,11H,5-6H2,1-2H3,(H,12,13). The van der Waals surface area contributed by atoms with Crippen molar-refractivity contribution < 1.29 is 22.7 Å². The molecule has 0 spiro atoms. The summed E-state index contributed by atoms with van der Waals surface area (Å²) in [7, 11) is -3.77. The summed E-state index contributed by atoms with van der Waals surface area (Å²) in [4.78, 5) is 10.6. The molecule has 1 atom stereocenters. The highest BCUT2D eigenvalue weighted by atomic mass is 32.2. The van der Waals surface area contributed by atoms with Gasteiger partial charge in [0, 0.05) is 11.8 Å². The molecule has 1 aromatic heterocycles. The number of rotatable bonds is 7. The lowest BCUT2D eigenvalue weighted by Crippen LogP contribution is -2.26. The van der Waals surface area contributed by atoms with Crippen LogP contribution >= 0.6 is 11.8 Å². The number of aromatic carboxylic acids is 1. The number of carboxylic acids is 1. The first-order valence-corrected chi connectivity index (χ1v) is 7.99. The fourth-order valence-electron chi connectivity index (χ4n) is 1.17. The summed E-state index contributed by atoms with van der Waals surface area (Å²) in [6.07, 6.45) is 2.64. The summed E-state index contributed by atoms with van der Waals surface area (Å²) >= 11 is 1.64. The van der Waals surface area contributed by atoms with Crippen LogP contribution in [0.4, 0.5) is 0 Å². The summed E-state index contributed by atoms with van der Waals surface area (Å²) in [5, 5.41) is 8.60. The Morgan fingerprint density at radius 2 is 2.22 bits per heavy atom. The van der Waals surface area contributed by atoms with Crippen molar-refractivity contribution in [2.45, 2.75) is 23.7 Å². The highest BCUT2D eigenvalue weighted by molar-refractivity contribution is 7.99. The van der Waals surface area contributed by atoms with Crippen molar-refractivity contribution in [1.82, 2.24) is 4.72 Å². The van der Waals surface area contributed by atoms with Crippen LogP contribution in [0.5, 0.6) is 0 Å². The lowest BCUT2D eigenvalue weighted by molar-refractivity contribution is 0.0656. The van der Waals surface area contributed by atoms with Gasteiger partial charge in [0.05, 0.1) is 0 Å². The first-order valence-electron chi connectivity index (χ1n) is 5.22. The number of thioether (sulfide) groups is 1. The first kappa shape index (κ1) is 15.1. The van der Waals surface area contributed by atoms with Gasteiger partial charge in [-0.2, -0.15) is 11.8 Å². The largest absolute Gasteiger partial charge is 0.475 e. The second-order valence-electron chi connectivity index (χ2n) is 3.66. The van der Waals surface area contributed by atoms with E-state index in [-0.39, 0.29) is 11.6 Å². The molecule has 8 heteroatoms. The molecule has 0 amide bonds. The number of sulfonamides is 1. The van der Waals surface area contributed by atoms with E-state index in [2.05, 4.69) is 4.72 Å². The molecule has 0 aliphatic heterocycles. The maximum absolute atomic E-state index is 11.7. The van der Waals surface area contributed by atoms with E-state index in [0.717, 1.165) is 12.1 Å². The number of furan rings is 1. The second kappa shape index (κ2) is 6.26. The highest BCUT2D eigenvalue weighted by Crippen LogP contribution is 2.14. The van der Waals surface area contributed by atoms with E-state index >= 15 is 0 Å². The molecule has 102 valence electrons. The number of hydrogen-bond acceptors (Lipinski definition) is 5. The Morgan fingerprint density at radius 3 is 2.72 bits per heavy atom. The van der Waals surface area contributed by atoms with Gasteiger partial charge in [-0.15, -0.1) is 0 Å². The summed E-state index contributed by atoms with van der Waals surface area (Å²) in [5.74, 6) is -1.69. The molecule has 0 radical (unpaired) electrons. The molecule has 6 nitrogen and oxygen atoms in total. The van der Waals surface area contributed by atoms with Crippen LogP contribution in [0, 0.1) is 0 Å². The van der Waals surface area contributed by atoms with E-state index in [9.17, 15) is 13.2 Å². The number of hydrogen-bond donors (Lipinski definition) is 2. The third-order valence-electron chi connectivity index (χ3n) is 2.30. The zero-order chi connectivity index (χ0) is 13.8. The molecule has 0 aliphatic carbocycles. The molecule has 1 rings (SSSR count). The summed E-state index contributed by atoms with van der Waals surface area (Å²) in [6, 6.07) is 2.24. The van der Waals surface area contributed by atoms with Gasteiger partial charge in [0.15, 0.2) is 0 Å². The van der Waals surface area contributed by atoms with Crippen LogP contribution in [0.25, 0.3) is 0 Å². The molecule has 0 bridgehead atoms. The maximum atomic E-state index is 11.7. The molecular weight excluding hydrogens is 278 g/mol. The molecule has 0 fully saturated rings. The molecule has 1 unspecified atom stereocenters. The van der Waals surface area contributed by atoms with Gasteiger partial charge < -0.3 is 9.52 Å². The molecule has 18 heavy (non-hydrogen) atoms. The molecule has 1 heterocycles. The van der Waals surface area contributed by atoms with Crippen LogP contribution < -0.4 is 4.72 Å². The Balaban J connectivity index is 2.65. The SMILES string of the molecule is CSC(C)CCNS(=O)(=O)c1ccc(C(=O)O)o1. The van der Waals surface area contributed by atoms with Gasteiger partial charge >= 0.3 is 5.97 Å². The Morgan fingerprint density at radius 1 is 1.56 bits per heavy atom. The van der Waals surface area contributed by atoms with Crippen molar-refractivity contribution in [2.75, 3.05) is 12.8 Å². The normalized spacial score (nSPS) is 13.4. The van der Waals surface area contributed by atoms with Crippen LogP contribution in [-0.4, -0.2) is 37.5 Å². The van der Waals surface area contributed by atoms with Gasteiger partial charge in [0.2, 0.25) is 10.9 Å². The molecule has 0 aromatic carbocycles. The minimum absolute atomic E-state index is 0.285. The predicted molar refractivity (Wildman–Crippen MR) is 68.4 cm³/mol. The van der Waals surface area contributed by atoms with Crippen molar-refractivity contribution in [2.24, 2.45) is 0 Å². The lowest BCUT2D eigenvalue weighted by atomic mass is 10.3. The minimum Gasteiger partial charge on any atom is -0.475 e. The van der Waals surface area contributed by atoms with E-state index in [1.54, 1.807) is 11.8 Å². The molecule has 0 saturated carbocycles. The maximum Gasteiger partial charge on any atom is 0.371 e. The van der Waals surface area contributed by atoms with Crippen LogP contribution in [-0.2, 0) is 10.0 Å². The smallest absolute Gasteiger partial charge is 0.371 e. The molecule has 0 aliphatic rings. The van der Waals surface area contributed by atoms with Gasteiger partial charge in [-0.3, -0.25) is 0 Å². The van der Waals surface area contributed by atoms with E-state index in [1.165, 1.54) is 0 Å². The van der Waals surface area contributed by atoms with E-state index in [4.69, 9.17) is 9.52 Å². The average Bonchev–Trinajstić information content (AvgIpc) is 2.78. The minimum atomic E-state index is -3.77. The monoisotopic (exact) mass is 293 g/mol. The summed E-state index contributed by atoms with van der Waals surface area (Å²) in [6.45, 7) is 2.28. The highest BCUT2D eigenvalue weighted by Gasteiger charge is 2.20. The third-order valence-corrected chi connectivity index (χ3v) is 4.68. The van der Waals surface area contributed by atoms with Crippen LogP contribution in [0.1, 0.15) is 23.9 Å². The van der Waals surface area contributed by atoms with Gasteiger partial charge in [-0.25, -0.2) is 17.9 Å². The Bertz CT molecular complexity index is 508. The van der Waals surface area contributed by atoms with Gasteiger partial charge in [0.1, 0.15) is 0 Å². The van der Waals surface area contributed by atoms with Gasteiger partial charge in [-0.05, 0) is 24.8 Å². The number of nitrogens with one attached hydrogen (secondary N) is 1. The fourth-order valence-corrected chi connectivity index (χ4v) is 2.49. The Kier molecular flexibility index (Phi) is 5.24. The molecule has 2 N–H and O–H groups in total. The van der Waals surface area contributed by atoms with Crippen molar-refractivity contribution in [3.63, 3.8) is 0 Å².